The number of hydrogen-bond donors (Lipinski definition) is 2. The second-order valence-corrected chi connectivity index (χ2v) is 8.28. The van der Waals surface area contributed by atoms with Gasteiger partial charge in [0.05, 0.1) is 11.6 Å². The highest BCUT2D eigenvalue weighted by Gasteiger charge is 2.30. The van der Waals surface area contributed by atoms with Crippen LogP contribution in [0.4, 0.5) is 5.69 Å². The van der Waals surface area contributed by atoms with Crippen LogP contribution in [0.5, 0.6) is 0 Å². The first kappa shape index (κ1) is 20.3. The van der Waals surface area contributed by atoms with E-state index in [9.17, 15) is 9.59 Å². The Morgan fingerprint density at radius 1 is 1.20 bits per heavy atom. The molecule has 0 unspecified atom stereocenters. The summed E-state index contributed by atoms with van der Waals surface area (Å²) in [5, 5.41) is 10.00. The summed E-state index contributed by atoms with van der Waals surface area (Å²) in [6, 6.07) is 13.0. The zero-order chi connectivity index (χ0) is 21.1. The van der Waals surface area contributed by atoms with Gasteiger partial charge < -0.3 is 10.2 Å². The standard InChI is InChI=1S/C22H22BrN5O2/c1-14-11-16(7-8-17(14)23)25-21(29)15-5-4-10-28(13-15)22(30)20-12-19(26-27-20)18-6-2-3-9-24-18/h2-3,6-9,11-12,15H,4-5,10,13H2,1H3,(H,25,29)(H,26,27)/t15-/m0/s1. The highest BCUT2D eigenvalue weighted by molar-refractivity contribution is 9.10. The SMILES string of the molecule is Cc1cc(NC(=O)[C@H]2CCCN(C(=O)c3cc(-c4ccccn4)n[nH]3)C2)ccc1Br. The minimum absolute atomic E-state index is 0.0620. The molecule has 1 saturated heterocycles. The minimum Gasteiger partial charge on any atom is -0.337 e. The van der Waals surface area contributed by atoms with Gasteiger partial charge in [-0.25, -0.2) is 0 Å². The van der Waals surface area contributed by atoms with Crippen LogP contribution in [0.2, 0.25) is 0 Å². The van der Waals surface area contributed by atoms with Crippen LogP contribution >= 0.6 is 15.9 Å². The second-order valence-electron chi connectivity index (χ2n) is 7.43. The molecule has 4 rings (SSSR count). The summed E-state index contributed by atoms with van der Waals surface area (Å²) in [5.74, 6) is -0.459. The van der Waals surface area contributed by atoms with Gasteiger partial charge in [-0.05, 0) is 61.7 Å². The molecule has 8 heteroatoms. The molecule has 2 amide bonds. The lowest BCUT2D eigenvalue weighted by Gasteiger charge is -2.31. The molecule has 2 N–H and O–H groups in total. The normalized spacial score (nSPS) is 16.3. The van der Waals surface area contributed by atoms with E-state index < -0.39 is 0 Å². The maximum Gasteiger partial charge on any atom is 0.271 e. The molecule has 0 radical (unpaired) electrons. The topological polar surface area (TPSA) is 91.0 Å². The minimum atomic E-state index is -0.246. The summed E-state index contributed by atoms with van der Waals surface area (Å²) in [4.78, 5) is 31.7. The van der Waals surface area contributed by atoms with Gasteiger partial charge in [0.15, 0.2) is 0 Å². The first-order valence-electron chi connectivity index (χ1n) is 9.84. The van der Waals surface area contributed by atoms with Gasteiger partial charge in [-0.1, -0.05) is 22.0 Å². The lowest BCUT2D eigenvalue weighted by Crippen LogP contribution is -2.43. The van der Waals surface area contributed by atoms with Gasteiger partial charge in [-0.2, -0.15) is 5.10 Å². The summed E-state index contributed by atoms with van der Waals surface area (Å²) in [6.07, 6.45) is 3.23. The number of pyridine rings is 1. The van der Waals surface area contributed by atoms with Gasteiger partial charge in [0, 0.05) is 29.4 Å². The third-order valence-electron chi connectivity index (χ3n) is 5.24. The monoisotopic (exact) mass is 467 g/mol. The largest absolute Gasteiger partial charge is 0.337 e. The molecule has 0 spiro atoms. The molecule has 1 aromatic carbocycles. The fraction of sp³-hybridized carbons (Fsp3) is 0.273. The van der Waals surface area contributed by atoms with E-state index in [0.717, 1.165) is 28.6 Å². The Hall–Kier alpha value is -3.00. The van der Waals surface area contributed by atoms with Crippen molar-refractivity contribution in [3.63, 3.8) is 0 Å². The van der Waals surface area contributed by atoms with E-state index in [1.54, 1.807) is 17.2 Å². The summed E-state index contributed by atoms with van der Waals surface area (Å²) >= 11 is 3.47. The summed E-state index contributed by atoms with van der Waals surface area (Å²) in [6.45, 7) is 2.99. The van der Waals surface area contributed by atoms with Crippen LogP contribution in [-0.4, -0.2) is 45.0 Å². The maximum atomic E-state index is 13.0. The van der Waals surface area contributed by atoms with E-state index in [1.165, 1.54) is 0 Å². The molecule has 1 aliphatic heterocycles. The molecule has 1 atom stereocenters. The van der Waals surface area contributed by atoms with Crippen LogP contribution in [0.15, 0.2) is 53.1 Å². The van der Waals surface area contributed by atoms with Gasteiger partial charge in [0.25, 0.3) is 5.91 Å². The van der Waals surface area contributed by atoms with Crippen molar-refractivity contribution >= 4 is 33.4 Å². The van der Waals surface area contributed by atoms with Crippen molar-refractivity contribution in [2.75, 3.05) is 18.4 Å². The van der Waals surface area contributed by atoms with Crippen LogP contribution in [0.25, 0.3) is 11.4 Å². The van der Waals surface area contributed by atoms with Crippen LogP contribution < -0.4 is 5.32 Å². The van der Waals surface area contributed by atoms with Gasteiger partial charge in [-0.15, -0.1) is 0 Å². The van der Waals surface area contributed by atoms with E-state index in [2.05, 4.69) is 36.4 Å². The van der Waals surface area contributed by atoms with Crippen molar-refractivity contribution in [1.82, 2.24) is 20.1 Å². The van der Waals surface area contributed by atoms with Crippen LogP contribution in [0.1, 0.15) is 28.9 Å². The van der Waals surface area contributed by atoms with E-state index in [0.29, 0.717) is 30.2 Å². The Morgan fingerprint density at radius 2 is 2.07 bits per heavy atom. The Kier molecular flexibility index (Phi) is 5.94. The molecule has 1 aliphatic rings. The number of aryl methyl sites for hydroxylation is 1. The van der Waals surface area contributed by atoms with Crippen LogP contribution in [0, 0.1) is 12.8 Å². The Morgan fingerprint density at radius 3 is 2.83 bits per heavy atom. The van der Waals surface area contributed by atoms with Crippen LogP contribution in [-0.2, 0) is 4.79 Å². The summed E-state index contributed by atoms with van der Waals surface area (Å²) in [5.41, 5.74) is 3.54. The van der Waals surface area contributed by atoms with Crippen molar-refractivity contribution in [3.8, 4) is 11.4 Å². The van der Waals surface area contributed by atoms with Crippen molar-refractivity contribution in [2.24, 2.45) is 5.92 Å². The number of piperidine rings is 1. The number of benzene rings is 1. The molecule has 3 aromatic rings. The number of nitrogens with zero attached hydrogens (tertiary/aromatic N) is 3. The maximum absolute atomic E-state index is 13.0. The number of aromatic amines is 1. The van der Waals surface area contributed by atoms with Gasteiger partial charge >= 0.3 is 0 Å². The van der Waals surface area contributed by atoms with E-state index >= 15 is 0 Å². The molecule has 3 heterocycles. The van der Waals surface area contributed by atoms with Crippen LogP contribution in [0.3, 0.4) is 0 Å². The molecule has 30 heavy (non-hydrogen) atoms. The highest BCUT2D eigenvalue weighted by atomic mass is 79.9. The van der Waals surface area contributed by atoms with E-state index in [-0.39, 0.29) is 17.7 Å². The lowest BCUT2D eigenvalue weighted by atomic mass is 9.96. The molecule has 0 aliphatic carbocycles. The molecular weight excluding hydrogens is 446 g/mol. The number of H-pyrrole nitrogens is 1. The molecule has 7 nitrogen and oxygen atoms in total. The molecule has 0 saturated carbocycles. The number of hydrogen-bond acceptors (Lipinski definition) is 4. The average molecular weight is 468 g/mol. The van der Waals surface area contributed by atoms with Gasteiger partial charge in [-0.3, -0.25) is 19.7 Å². The Bertz CT molecular complexity index is 1070. The number of halogens is 1. The Labute approximate surface area is 183 Å². The molecule has 1 fully saturated rings. The first-order chi connectivity index (χ1) is 14.5. The summed E-state index contributed by atoms with van der Waals surface area (Å²) < 4.78 is 1.000. The fourth-order valence-electron chi connectivity index (χ4n) is 3.59. The quantitative estimate of drug-likeness (QED) is 0.605. The molecular formula is C22H22BrN5O2. The average Bonchev–Trinajstić information content (AvgIpc) is 3.27. The second kappa shape index (κ2) is 8.79. The third kappa shape index (κ3) is 4.43. The number of carbonyl (C=O) groups excluding carboxylic acids is 2. The van der Waals surface area contributed by atoms with Crippen molar-refractivity contribution in [3.05, 3.63) is 64.4 Å². The number of likely N-dealkylation sites (tertiary alicyclic amines) is 1. The number of rotatable bonds is 4. The number of amides is 2. The van der Waals surface area contributed by atoms with E-state index in [1.807, 2.05) is 43.3 Å². The zero-order valence-electron chi connectivity index (χ0n) is 16.6. The lowest BCUT2D eigenvalue weighted by molar-refractivity contribution is -0.121. The van der Waals surface area contributed by atoms with Gasteiger partial charge in [0.1, 0.15) is 11.4 Å². The number of nitrogens with one attached hydrogen (secondary N) is 2. The Balaban J connectivity index is 1.42. The predicted octanol–water partition coefficient (Wildman–Crippen LogP) is 4.03. The number of anilines is 1. The smallest absolute Gasteiger partial charge is 0.271 e. The van der Waals surface area contributed by atoms with E-state index in [4.69, 9.17) is 0 Å². The summed E-state index contributed by atoms with van der Waals surface area (Å²) in [7, 11) is 0. The number of aromatic nitrogens is 3. The zero-order valence-corrected chi connectivity index (χ0v) is 18.1. The molecule has 0 bridgehead atoms. The fourth-order valence-corrected chi connectivity index (χ4v) is 3.84. The van der Waals surface area contributed by atoms with Gasteiger partial charge in [0.2, 0.25) is 5.91 Å². The first-order valence-corrected chi connectivity index (χ1v) is 10.6. The molecule has 2 aromatic heterocycles. The number of carbonyl (C=O) groups is 2. The van der Waals surface area contributed by atoms with Crippen molar-refractivity contribution in [1.29, 1.82) is 0 Å². The molecule has 154 valence electrons. The third-order valence-corrected chi connectivity index (χ3v) is 6.13. The predicted molar refractivity (Wildman–Crippen MR) is 118 cm³/mol. The van der Waals surface area contributed by atoms with Crippen molar-refractivity contribution in [2.45, 2.75) is 19.8 Å². The van der Waals surface area contributed by atoms with Crippen molar-refractivity contribution < 1.29 is 9.59 Å². The highest BCUT2D eigenvalue weighted by Crippen LogP contribution is 2.24.